The molecule has 0 aliphatic carbocycles. The Morgan fingerprint density at radius 3 is 2.43 bits per heavy atom. The number of anilines is 1. The summed E-state index contributed by atoms with van der Waals surface area (Å²) in [5.74, 6) is -0.501. The zero-order valence-corrected chi connectivity index (χ0v) is 9.57. The fourth-order valence-electron chi connectivity index (χ4n) is 0.681. The number of rotatable bonds is 1. The number of ether oxygens (including phenoxy) is 1. The molecule has 0 aliphatic rings. The van der Waals surface area contributed by atoms with Crippen LogP contribution in [-0.2, 0) is 0 Å². The molecule has 0 bridgehead atoms. The number of hydrogen-bond acceptors (Lipinski definition) is 3. The first-order valence-corrected chi connectivity index (χ1v) is 4.75. The van der Waals surface area contributed by atoms with Crippen LogP contribution in [0.25, 0.3) is 0 Å². The highest BCUT2D eigenvalue weighted by Gasteiger charge is 2.33. The van der Waals surface area contributed by atoms with Crippen LogP contribution in [0.1, 0.15) is 0 Å². The van der Waals surface area contributed by atoms with E-state index in [0.29, 0.717) is 0 Å². The van der Waals surface area contributed by atoms with E-state index in [-0.39, 0.29) is 14.8 Å². The van der Waals surface area contributed by atoms with Crippen molar-refractivity contribution in [2.24, 2.45) is 0 Å². The molecule has 0 saturated heterocycles. The fourth-order valence-corrected chi connectivity index (χ4v) is 1.38. The van der Waals surface area contributed by atoms with Crippen molar-refractivity contribution in [3.05, 3.63) is 15.3 Å². The number of nitrogens with two attached hydrogens (primary N) is 1. The monoisotopic (exact) mass is 334 g/mol. The topological polar surface area (TPSA) is 48.1 Å². The largest absolute Gasteiger partial charge is 0.573 e. The lowest BCUT2D eigenvalue weighted by atomic mass is 10.4. The second-order valence-corrected chi connectivity index (χ2v) is 3.74. The second kappa shape index (κ2) is 3.93. The van der Waals surface area contributed by atoms with Crippen LogP contribution in [0.3, 0.4) is 0 Å². The van der Waals surface area contributed by atoms with Gasteiger partial charge in [-0.25, -0.2) is 4.98 Å². The predicted molar refractivity (Wildman–Crippen MR) is 50.7 cm³/mol. The van der Waals surface area contributed by atoms with Crippen molar-refractivity contribution in [3.63, 3.8) is 0 Å². The molecule has 14 heavy (non-hydrogen) atoms. The van der Waals surface area contributed by atoms with Crippen molar-refractivity contribution in [2.75, 3.05) is 5.73 Å². The van der Waals surface area contributed by atoms with Crippen LogP contribution in [0.15, 0.2) is 15.3 Å². The van der Waals surface area contributed by atoms with Gasteiger partial charge in [0.2, 0.25) is 0 Å². The summed E-state index contributed by atoms with van der Waals surface area (Å²) in [6, 6.07) is 0. The molecule has 0 saturated carbocycles. The molecule has 8 heteroatoms. The molecule has 1 aromatic heterocycles. The maximum absolute atomic E-state index is 11.9. The van der Waals surface area contributed by atoms with Gasteiger partial charge in [-0.05, 0) is 31.9 Å². The van der Waals surface area contributed by atoms with E-state index in [2.05, 4.69) is 41.6 Å². The van der Waals surface area contributed by atoms with Gasteiger partial charge >= 0.3 is 6.36 Å². The lowest BCUT2D eigenvalue weighted by Crippen LogP contribution is -2.18. The van der Waals surface area contributed by atoms with Crippen molar-refractivity contribution < 1.29 is 17.9 Å². The molecular formula is C6H3Br2F3N2O. The Labute approximate surface area is 93.7 Å². The number of aromatic nitrogens is 1. The number of hydrogen-bond donors (Lipinski definition) is 1. The molecule has 1 rings (SSSR count). The lowest BCUT2D eigenvalue weighted by molar-refractivity contribution is -0.274. The van der Waals surface area contributed by atoms with Crippen LogP contribution in [0, 0.1) is 0 Å². The van der Waals surface area contributed by atoms with E-state index in [4.69, 9.17) is 5.73 Å². The second-order valence-electron chi connectivity index (χ2n) is 2.20. The summed E-state index contributed by atoms with van der Waals surface area (Å²) in [5.41, 5.74) is 5.06. The van der Waals surface area contributed by atoms with Gasteiger partial charge in [-0.15, -0.1) is 13.2 Å². The zero-order chi connectivity index (χ0) is 10.9. The standard InChI is InChI=1S/C6H3Br2F3N2O/c7-3-4(14-6(9,10)11)2(12)1-13-5(3)8/h1H,12H2. The number of alkyl halides is 3. The summed E-state index contributed by atoms with van der Waals surface area (Å²) in [5, 5.41) is 0. The van der Waals surface area contributed by atoms with Gasteiger partial charge in [0.25, 0.3) is 0 Å². The molecule has 1 heterocycles. The van der Waals surface area contributed by atoms with Gasteiger partial charge < -0.3 is 10.5 Å². The van der Waals surface area contributed by atoms with Gasteiger partial charge in [-0.3, -0.25) is 0 Å². The molecule has 1 aromatic rings. The lowest BCUT2D eigenvalue weighted by Gasteiger charge is -2.12. The molecule has 0 aromatic carbocycles. The summed E-state index contributed by atoms with van der Waals surface area (Å²) in [7, 11) is 0. The van der Waals surface area contributed by atoms with Gasteiger partial charge in [0, 0.05) is 0 Å². The molecule has 0 radical (unpaired) electrons. The average Bonchev–Trinajstić information content (AvgIpc) is 2.04. The summed E-state index contributed by atoms with van der Waals surface area (Å²) in [4.78, 5) is 3.67. The Kier molecular flexibility index (Phi) is 3.25. The Morgan fingerprint density at radius 1 is 1.36 bits per heavy atom. The van der Waals surface area contributed by atoms with Gasteiger partial charge in [-0.2, -0.15) is 0 Å². The third kappa shape index (κ3) is 2.74. The Balaban J connectivity index is 3.13. The quantitative estimate of drug-likeness (QED) is 0.802. The third-order valence-corrected chi connectivity index (χ3v) is 3.05. The zero-order valence-electron chi connectivity index (χ0n) is 6.40. The first-order chi connectivity index (χ1) is 6.31. The van der Waals surface area contributed by atoms with E-state index in [1.54, 1.807) is 0 Å². The molecule has 0 spiro atoms. The van der Waals surface area contributed by atoms with Crippen LogP contribution in [0.2, 0.25) is 0 Å². The molecule has 2 N–H and O–H groups in total. The highest BCUT2D eigenvalue weighted by Crippen LogP contribution is 2.38. The predicted octanol–water partition coefficient (Wildman–Crippen LogP) is 3.09. The minimum Gasteiger partial charge on any atom is -0.402 e. The van der Waals surface area contributed by atoms with Crippen molar-refractivity contribution in [3.8, 4) is 5.75 Å². The summed E-state index contributed by atoms with van der Waals surface area (Å²) in [6.45, 7) is 0. The molecule has 78 valence electrons. The van der Waals surface area contributed by atoms with Crippen LogP contribution < -0.4 is 10.5 Å². The average molecular weight is 336 g/mol. The van der Waals surface area contributed by atoms with Crippen LogP contribution in [-0.4, -0.2) is 11.3 Å². The van der Waals surface area contributed by atoms with Crippen LogP contribution in [0.4, 0.5) is 18.9 Å². The minimum atomic E-state index is -4.78. The first kappa shape index (κ1) is 11.6. The molecule has 0 amide bonds. The van der Waals surface area contributed by atoms with Gasteiger partial charge in [0.1, 0.15) is 4.60 Å². The van der Waals surface area contributed by atoms with E-state index < -0.39 is 12.1 Å². The highest BCUT2D eigenvalue weighted by molar-refractivity contribution is 9.13. The molecule has 3 nitrogen and oxygen atoms in total. The van der Waals surface area contributed by atoms with E-state index in [9.17, 15) is 13.2 Å². The van der Waals surface area contributed by atoms with E-state index in [1.807, 2.05) is 0 Å². The number of nitrogen functional groups attached to an aromatic ring is 1. The number of halogens is 5. The van der Waals surface area contributed by atoms with Gasteiger partial charge in [0.15, 0.2) is 5.75 Å². The fraction of sp³-hybridized carbons (Fsp3) is 0.167. The normalized spacial score (nSPS) is 11.5. The number of nitrogens with zero attached hydrogens (tertiary/aromatic N) is 1. The highest BCUT2D eigenvalue weighted by atomic mass is 79.9. The first-order valence-electron chi connectivity index (χ1n) is 3.16. The number of pyridine rings is 1. The van der Waals surface area contributed by atoms with Crippen molar-refractivity contribution >= 4 is 37.5 Å². The van der Waals surface area contributed by atoms with Gasteiger partial charge in [0.05, 0.1) is 16.4 Å². The molecule has 0 unspecified atom stereocenters. The minimum absolute atomic E-state index is 0.0230. The van der Waals surface area contributed by atoms with Crippen molar-refractivity contribution in [1.82, 2.24) is 4.98 Å². The molecule has 0 fully saturated rings. The van der Waals surface area contributed by atoms with E-state index in [0.717, 1.165) is 6.20 Å². The molecule has 0 atom stereocenters. The molecule has 0 aliphatic heterocycles. The van der Waals surface area contributed by atoms with Crippen LogP contribution in [0.5, 0.6) is 5.75 Å². The van der Waals surface area contributed by atoms with E-state index >= 15 is 0 Å². The van der Waals surface area contributed by atoms with Crippen molar-refractivity contribution in [2.45, 2.75) is 6.36 Å². The SMILES string of the molecule is Nc1cnc(Br)c(Br)c1OC(F)(F)F. The summed E-state index contributed by atoms with van der Waals surface area (Å²) < 4.78 is 39.6. The smallest absolute Gasteiger partial charge is 0.402 e. The van der Waals surface area contributed by atoms with Crippen LogP contribution >= 0.6 is 31.9 Å². The third-order valence-electron chi connectivity index (χ3n) is 1.18. The molecular weight excluding hydrogens is 333 g/mol. The maximum Gasteiger partial charge on any atom is 0.573 e. The summed E-state index contributed by atoms with van der Waals surface area (Å²) in [6.07, 6.45) is -3.71. The Morgan fingerprint density at radius 2 is 1.93 bits per heavy atom. The summed E-state index contributed by atoms with van der Waals surface area (Å²) >= 11 is 5.80. The maximum atomic E-state index is 11.9. The van der Waals surface area contributed by atoms with Gasteiger partial charge in [-0.1, -0.05) is 0 Å². The van der Waals surface area contributed by atoms with E-state index in [1.165, 1.54) is 0 Å². The van der Waals surface area contributed by atoms with Crippen molar-refractivity contribution in [1.29, 1.82) is 0 Å². The Hall–Kier alpha value is -0.500. The Bertz CT molecular complexity index is 356.